The fourth-order valence-corrected chi connectivity index (χ4v) is 3.44. The molecule has 0 saturated carbocycles. The third-order valence-electron chi connectivity index (χ3n) is 4.08. The Morgan fingerprint density at radius 1 is 1.35 bits per heavy atom. The summed E-state index contributed by atoms with van der Waals surface area (Å²) in [4.78, 5) is 10.6. The number of nitro benzene ring substituents is 1. The maximum absolute atomic E-state index is 11.8. The van der Waals surface area contributed by atoms with Crippen LogP contribution in [0.1, 0.15) is 19.4 Å². The Kier molecular flexibility index (Phi) is 4.43. The van der Waals surface area contributed by atoms with Crippen molar-refractivity contribution in [1.82, 2.24) is 0 Å². The van der Waals surface area contributed by atoms with Gasteiger partial charge in [-0.25, -0.2) is 0 Å². The number of methoxy groups -OCH3 is 1. The first-order chi connectivity index (χ1) is 10.6. The zero-order valence-electron chi connectivity index (χ0n) is 12.9. The zero-order chi connectivity index (χ0) is 17.4. The highest BCUT2D eigenvalue weighted by Crippen LogP contribution is 2.39. The van der Waals surface area contributed by atoms with Crippen molar-refractivity contribution >= 4 is 21.4 Å². The highest BCUT2D eigenvalue weighted by atomic mass is 32.2. The van der Waals surface area contributed by atoms with Gasteiger partial charge in [0.2, 0.25) is 0 Å². The van der Waals surface area contributed by atoms with Gasteiger partial charge in [0.25, 0.3) is 15.8 Å². The van der Waals surface area contributed by atoms with Crippen molar-refractivity contribution in [2.75, 3.05) is 7.11 Å². The predicted octanol–water partition coefficient (Wildman–Crippen LogP) is 2.60. The first kappa shape index (κ1) is 17.3. The number of ether oxygens (including phenoxy) is 1. The van der Waals surface area contributed by atoms with E-state index in [4.69, 9.17) is 4.74 Å². The van der Waals surface area contributed by atoms with Crippen LogP contribution in [0.2, 0.25) is 0 Å². The third-order valence-corrected chi connectivity index (χ3v) is 5.11. The molecule has 8 heteroatoms. The molecule has 0 spiro atoms. The van der Waals surface area contributed by atoms with Gasteiger partial charge >= 0.3 is 0 Å². The third kappa shape index (κ3) is 3.19. The summed E-state index contributed by atoms with van der Waals surface area (Å²) in [5, 5.41) is 9.85. The number of para-hydroxylation sites is 1. The van der Waals surface area contributed by atoms with Crippen molar-refractivity contribution in [3.8, 4) is 0 Å². The SMILES string of the molecule is COC1(C)C=C(c2ccccc2[N+](=O)[O-])C(S(=O)(=O)O)C=C1C. The van der Waals surface area contributed by atoms with Crippen LogP contribution in [-0.4, -0.2) is 35.9 Å². The van der Waals surface area contributed by atoms with E-state index in [-0.39, 0.29) is 16.8 Å². The standard InChI is InChI=1S/C15H17NO6S/c1-10-8-14(23(19,20)21)12(9-15(10,2)22-3)11-6-4-5-7-13(11)16(17)18/h4-9,14H,1-3H3,(H,19,20,21). The quantitative estimate of drug-likeness (QED) is 0.391. The van der Waals surface area contributed by atoms with Gasteiger partial charge in [-0.15, -0.1) is 0 Å². The topological polar surface area (TPSA) is 107 Å². The number of nitrogens with zero attached hydrogens (tertiary/aromatic N) is 1. The number of rotatable bonds is 4. The maximum atomic E-state index is 11.8. The fourth-order valence-electron chi connectivity index (χ4n) is 2.55. The molecule has 0 heterocycles. The molecule has 1 N–H and O–H groups in total. The molecule has 0 aromatic heterocycles. The van der Waals surface area contributed by atoms with Crippen molar-refractivity contribution in [2.24, 2.45) is 0 Å². The van der Waals surface area contributed by atoms with Gasteiger partial charge in [0, 0.05) is 13.2 Å². The lowest BCUT2D eigenvalue weighted by Crippen LogP contribution is -2.34. The highest BCUT2D eigenvalue weighted by Gasteiger charge is 2.38. The molecular weight excluding hydrogens is 322 g/mol. The normalized spacial score (nSPS) is 24.8. The van der Waals surface area contributed by atoms with Gasteiger partial charge in [0.1, 0.15) is 10.9 Å². The largest absolute Gasteiger partial charge is 0.370 e. The summed E-state index contributed by atoms with van der Waals surface area (Å²) in [5.41, 5.74) is -0.314. The van der Waals surface area contributed by atoms with E-state index in [1.165, 1.54) is 37.5 Å². The summed E-state index contributed by atoms with van der Waals surface area (Å²) in [6.45, 7) is 3.39. The first-order valence-corrected chi connectivity index (χ1v) is 8.27. The average molecular weight is 339 g/mol. The smallest absolute Gasteiger partial charge is 0.276 e. The van der Waals surface area contributed by atoms with Crippen LogP contribution in [-0.2, 0) is 14.9 Å². The number of nitro groups is 1. The fraction of sp³-hybridized carbons (Fsp3) is 0.333. The van der Waals surface area contributed by atoms with Gasteiger partial charge in [0.15, 0.2) is 0 Å². The van der Waals surface area contributed by atoms with E-state index in [2.05, 4.69) is 0 Å². The summed E-state index contributed by atoms with van der Waals surface area (Å²) in [6, 6.07) is 5.79. The van der Waals surface area contributed by atoms with Gasteiger partial charge in [0.05, 0.1) is 10.5 Å². The van der Waals surface area contributed by atoms with Crippen molar-refractivity contribution in [2.45, 2.75) is 24.7 Å². The molecule has 1 aliphatic carbocycles. The van der Waals surface area contributed by atoms with E-state index >= 15 is 0 Å². The lowest BCUT2D eigenvalue weighted by molar-refractivity contribution is -0.385. The van der Waals surface area contributed by atoms with E-state index < -0.39 is 25.9 Å². The predicted molar refractivity (Wildman–Crippen MR) is 85.6 cm³/mol. The molecule has 0 aliphatic heterocycles. The lowest BCUT2D eigenvalue weighted by atomic mass is 9.84. The molecule has 1 aliphatic rings. The van der Waals surface area contributed by atoms with Crippen molar-refractivity contribution in [1.29, 1.82) is 0 Å². The number of benzene rings is 1. The monoisotopic (exact) mass is 339 g/mol. The molecule has 0 saturated heterocycles. The van der Waals surface area contributed by atoms with Gasteiger partial charge in [-0.1, -0.05) is 18.2 Å². The van der Waals surface area contributed by atoms with Gasteiger partial charge in [-0.2, -0.15) is 8.42 Å². The van der Waals surface area contributed by atoms with Crippen molar-refractivity contribution < 1.29 is 22.6 Å². The van der Waals surface area contributed by atoms with Crippen LogP contribution in [0.5, 0.6) is 0 Å². The molecule has 23 heavy (non-hydrogen) atoms. The molecule has 0 radical (unpaired) electrons. The molecule has 0 amide bonds. The second-order valence-corrected chi connectivity index (χ2v) is 7.01. The Morgan fingerprint density at radius 2 is 1.96 bits per heavy atom. The first-order valence-electron chi connectivity index (χ1n) is 6.77. The van der Waals surface area contributed by atoms with E-state index in [9.17, 15) is 23.1 Å². The van der Waals surface area contributed by atoms with Gasteiger partial charge in [-0.3, -0.25) is 14.7 Å². The Labute approximate surface area is 134 Å². The minimum Gasteiger partial charge on any atom is -0.370 e. The summed E-state index contributed by atoms with van der Waals surface area (Å²) >= 11 is 0. The molecule has 0 fully saturated rings. The molecule has 0 bridgehead atoms. The molecule has 1 aromatic carbocycles. The minimum atomic E-state index is -4.48. The highest BCUT2D eigenvalue weighted by molar-refractivity contribution is 7.87. The molecule has 124 valence electrons. The van der Waals surface area contributed by atoms with Crippen molar-refractivity contribution in [3.63, 3.8) is 0 Å². The molecule has 2 unspecified atom stereocenters. The molecular formula is C15H17NO6S. The second kappa shape index (κ2) is 5.88. The molecule has 1 aromatic rings. The zero-order valence-corrected chi connectivity index (χ0v) is 13.7. The van der Waals surface area contributed by atoms with Gasteiger partial charge in [-0.05, 0) is 37.1 Å². The lowest BCUT2D eigenvalue weighted by Gasteiger charge is -2.33. The van der Waals surface area contributed by atoms with Crippen LogP contribution in [0.15, 0.2) is 42.0 Å². The molecule has 7 nitrogen and oxygen atoms in total. The van der Waals surface area contributed by atoms with Crippen LogP contribution in [0.25, 0.3) is 5.57 Å². The molecule has 2 rings (SSSR count). The summed E-state index contributed by atoms with van der Waals surface area (Å²) < 4.78 is 38.5. The maximum Gasteiger partial charge on any atom is 0.276 e. The Morgan fingerprint density at radius 3 is 2.48 bits per heavy atom. The van der Waals surface area contributed by atoms with E-state index in [0.717, 1.165) is 0 Å². The van der Waals surface area contributed by atoms with Crippen LogP contribution >= 0.6 is 0 Å². The second-order valence-electron chi connectivity index (χ2n) is 5.47. The number of hydrogen-bond acceptors (Lipinski definition) is 5. The van der Waals surface area contributed by atoms with E-state index in [0.29, 0.717) is 5.57 Å². The molecule has 2 atom stereocenters. The average Bonchev–Trinajstić information content (AvgIpc) is 2.48. The van der Waals surface area contributed by atoms with Crippen molar-refractivity contribution in [3.05, 3.63) is 57.7 Å². The van der Waals surface area contributed by atoms with Crippen LogP contribution in [0, 0.1) is 10.1 Å². The minimum absolute atomic E-state index is 0.120. The Hall–Kier alpha value is -2.03. The van der Waals surface area contributed by atoms with Crippen LogP contribution < -0.4 is 0 Å². The Balaban J connectivity index is 2.75. The summed E-state index contributed by atoms with van der Waals surface area (Å²) in [7, 11) is -3.02. The van der Waals surface area contributed by atoms with Gasteiger partial charge < -0.3 is 4.74 Å². The van der Waals surface area contributed by atoms with E-state index in [1.807, 2.05) is 0 Å². The number of hydrogen-bond donors (Lipinski definition) is 1. The van der Waals surface area contributed by atoms with Crippen LogP contribution in [0.4, 0.5) is 5.69 Å². The summed E-state index contributed by atoms with van der Waals surface area (Å²) in [5.74, 6) is 0. The summed E-state index contributed by atoms with van der Waals surface area (Å²) in [6.07, 6.45) is 2.86. The van der Waals surface area contributed by atoms with E-state index in [1.54, 1.807) is 19.9 Å². The Bertz CT molecular complexity index is 811. The van der Waals surface area contributed by atoms with Crippen LogP contribution in [0.3, 0.4) is 0 Å².